The average Bonchev–Trinajstić information content (AvgIpc) is 2.74. The number of alkyl halides is 3. The van der Waals surface area contributed by atoms with Crippen LogP contribution in [0.2, 0.25) is 0 Å². The van der Waals surface area contributed by atoms with E-state index in [4.69, 9.17) is 4.74 Å². The smallest absolute Gasteiger partial charge is 0.416 e. The zero-order valence-corrected chi connectivity index (χ0v) is 16.5. The summed E-state index contributed by atoms with van der Waals surface area (Å²) in [6, 6.07) is 8.22. The van der Waals surface area contributed by atoms with Gasteiger partial charge in [-0.15, -0.1) is 0 Å². The van der Waals surface area contributed by atoms with Gasteiger partial charge in [-0.2, -0.15) is 13.2 Å². The van der Waals surface area contributed by atoms with E-state index in [9.17, 15) is 22.8 Å². The number of piperazine rings is 1. The lowest BCUT2D eigenvalue weighted by atomic mass is 10.1. The van der Waals surface area contributed by atoms with Crippen LogP contribution in [0.1, 0.15) is 28.4 Å². The van der Waals surface area contributed by atoms with Crippen molar-refractivity contribution in [3.05, 3.63) is 59.3 Å². The maximum absolute atomic E-state index is 12.8. The Morgan fingerprint density at radius 2 is 1.83 bits per heavy atom. The second kappa shape index (κ2) is 9.15. The first kappa shape index (κ1) is 21.6. The lowest BCUT2D eigenvalue weighted by Gasteiger charge is -2.35. The van der Waals surface area contributed by atoms with Crippen LogP contribution in [-0.4, -0.2) is 54.5 Å². The number of hydrogen-bond donors (Lipinski definition) is 0. The van der Waals surface area contributed by atoms with E-state index in [1.165, 1.54) is 18.3 Å². The summed E-state index contributed by atoms with van der Waals surface area (Å²) in [5.41, 5.74) is -0.0427. The van der Waals surface area contributed by atoms with Gasteiger partial charge in [0.15, 0.2) is 0 Å². The van der Waals surface area contributed by atoms with Crippen LogP contribution in [0.3, 0.4) is 0 Å². The van der Waals surface area contributed by atoms with Crippen LogP contribution in [0.4, 0.5) is 19.0 Å². The molecule has 160 valence electrons. The third-order valence-corrected chi connectivity index (χ3v) is 4.83. The topological polar surface area (TPSA) is 62.7 Å². The van der Waals surface area contributed by atoms with Crippen LogP contribution < -0.4 is 4.90 Å². The van der Waals surface area contributed by atoms with Gasteiger partial charge in [-0.25, -0.2) is 9.78 Å². The number of ether oxygens (including phenoxy) is 1. The molecular weight excluding hydrogens is 399 g/mol. The predicted molar refractivity (Wildman–Crippen MR) is 104 cm³/mol. The normalized spacial score (nSPS) is 14.5. The van der Waals surface area contributed by atoms with Crippen molar-refractivity contribution in [1.82, 2.24) is 9.88 Å². The zero-order valence-electron chi connectivity index (χ0n) is 16.5. The van der Waals surface area contributed by atoms with E-state index in [1.54, 1.807) is 24.0 Å². The monoisotopic (exact) mass is 421 g/mol. The number of hydrogen-bond acceptors (Lipinski definition) is 5. The van der Waals surface area contributed by atoms with Crippen LogP contribution in [0.25, 0.3) is 0 Å². The molecule has 1 amide bonds. The molecule has 1 aromatic heterocycles. The molecule has 2 aromatic rings. The first-order valence-corrected chi connectivity index (χ1v) is 9.60. The Labute approximate surface area is 172 Å². The Morgan fingerprint density at radius 1 is 1.10 bits per heavy atom. The number of nitrogens with zero attached hydrogens (tertiary/aromatic N) is 3. The Bertz CT molecular complexity index is 892. The van der Waals surface area contributed by atoms with Gasteiger partial charge >= 0.3 is 12.1 Å². The molecule has 1 aromatic carbocycles. The first-order valence-electron chi connectivity index (χ1n) is 9.60. The molecule has 6 nitrogen and oxygen atoms in total. The second-order valence-electron chi connectivity index (χ2n) is 6.87. The first-order chi connectivity index (χ1) is 14.3. The number of esters is 1. The summed E-state index contributed by atoms with van der Waals surface area (Å²) in [6.07, 6.45) is -3.05. The number of carbonyl (C=O) groups is 2. The molecule has 1 fully saturated rings. The van der Waals surface area contributed by atoms with Gasteiger partial charge in [0, 0.05) is 32.4 Å². The summed E-state index contributed by atoms with van der Waals surface area (Å²) in [5.74, 6) is 0.0502. The van der Waals surface area contributed by atoms with E-state index in [0.29, 0.717) is 43.1 Å². The van der Waals surface area contributed by atoms with Crippen LogP contribution in [0.15, 0.2) is 42.6 Å². The molecule has 0 atom stereocenters. The van der Waals surface area contributed by atoms with Crippen molar-refractivity contribution in [3.8, 4) is 0 Å². The summed E-state index contributed by atoms with van der Waals surface area (Å²) in [4.78, 5) is 32.1. The molecule has 1 aliphatic rings. The predicted octanol–water partition coefficient (Wildman–Crippen LogP) is 3.17. The van der Waals surface area contributed by atoms with Crippen molar-refractivity contribution in [2.24, 2.45) is 0 Å². The Balaban J connectivity index is 1.55. The fourth-order valence-electron chi connectivity index (χ4n) is 3.24. The van der Waals surface area contributed by atoms with Gasteiger partial charge in [0.25, 0.3) is 0 Å². The molecule has 0 spiro atoms. The third kappa shape index (κ3) is 5.28. The third-order valence-electron chi connectivity index (χ3n) is 4.83. The number of rotatable bonds is 5. The van der Waals surface area contributed by atoms with E-state index in [-0.39, 0.29) is 18.9 Å². The standard InChI is InChI=1S/C21H22F3N3O3/c1-2-30-20(29)16-6-7-18(25-14-16)26-8-10-27(11-9-26)19(28)13-15-4-3-5-17(12-15)21(22,23)24/h3-7,12,14H,2,8-11,13H2,1H3. The fourth-order valence-corrected chi connectivity index (χ4v) is 3.24. The molecule has 0 aliphatic carbocycles. The summed E-state index contributed by atoms with van der Waals surface area (Å²) < 4.78 is 43.4. The van der Waals surface area contributed by atoms with E-state index >= 15 is 0 Å². The van der Waals surface area contributed by atoms with E-state index in [0.717, 1.165) is 12.1 Å². The molecule has 1 saturated heterocycles. The highest BCUT2D eigenvalue weighted by Gasteiger charge is 2.30. The Morgan fingerprint density at radius 3 is 2.43 bits per heavy atom. The number of pyridine rings is 1. The van der Waals surface area contributed by atoms with Crippen LogP contribution in [0, 0.1) is 0 Å². The maximum atomic E-state index is 12.8. The molecule has 1 aliphatic heterocycles. The number of amides is 1. The van der Waals surface area contributed by atoms with Gasteiger partial charge < -0.3 is 14.5 Å². The summed E-state index contributed by atoms with van der Waals surface area (Å²) >= 11 is 0. The highest BCUT2D eigenvalue weighted by Crippen LogP contribution is 2.29. The van der Waals surface area contributed by atoms with Gasteiger partial charge in [-0.1, -0.05) is 18.2 Å². The van der Waals surface area contributed by atoms with Crippen LogP contribution in [-0.2, 0) is 22.1 Å². The minimum atomic E-state index is -4.43. The lowest BCUT2D eigenvalue weighted by molar-refractivity contribution is -0.138. The Hall–Kier alpha value is -3.10. The molecule has 2 heterocycles. The van der Waals surface area contributed by atoms with Crippen molar-refractivity contribution in [2.45, 2.75) is 19.5 Å². The largest absolute Gasteiger partial charge is 0.462 e. The number of aromatic nitrogens is 1. The Kier molecular flexibility index (Phi) is 6.59. The molecule has 0 bridgehead atoms. The van der Waals surface area contributed by atoms with Gasteiger partial charge in [0.05, 0.1) is 24.2 Å². The molecule has 0 radical (unpaired) electrons. The molecule has 0 N–H and O–H groups in total. The van der Waals surface area contributed by atoms with Crippen molar-refractivity contribution in [2.75, 3.05) is 37.7 Å². The highest BCUT2D eigenvalue weighted by molar-refractivity contribution is 5.89. The van der Waals surface area contributed by atoms with Gasteiger partial charge in [-0.05, 0) is 30.7 Å². The highest BCUT2D eigenvalue weighted by atomic mass is 19.4. The molecule has 0 unspecified atom stereocenters. The van der Waals surface area contributed by atoms with Crippen molar-refractivity contribution in [1.29, 1.82) is 0 Å². The van der Waals surface area contributed by atoms with E-state index in [1.807, 2.05) is 4.90 Å². The second-order valence-corrected chi connectivity index (χ2v) is 6.87. The molecular formula is C21H22F3N3O3. The van der Waals surface area contributed by atoms with Gasteiger partial charge in [0.2, 0.25) is 5.91 Å². The van der Waals surface area contributed by atoms with E-state index < -0.39 is 17.7 Å². The van der Waals surface area contributed by atoms with Crippen molar-refractivity contribution >= 4 is 17.7 Å². The van der Waals surface area contributed by atoms with Crippen molar-refractivity contribution in [3.63, 3.8) is 0 Å². The zero-order chi connectivity index (χ0) is 21.7. The van der Waals surface area contributed by atoms with Crippen molar-refractivity contribution < 1.29 is 27.5 Å². The minimum Gasteiger partial charge on any atom is -0.462 e. The number of benzene rings is 1. The maximum Gasteiger partial charge on any atom is 0.416 e. The molecule has 9 heteroatoms. The number of carbonyl (C=O) groups excluding carboxylic acids is 2. The average molecular weight is 421 g/mol. The lowest BCUT2D eigenvalue weighted by Crippen LogP contribution is -2.49. The molecule has 0 saturated carbocycles. The molecule has 30 heavy (non-hydrogen) atoms. The number of anilines is 1. The number of halogens is 3. The molecule has 3 rings (SSSR count). The quantitative estimate of drug-likeness (QED) is 0.694. The fraction of sp³-hybridized carbons (Fsp3) is 0.381. The summed E-state index contributed by atoms with van der Waals surface area (Å²) in [5, 5.41) is 0. The minimum absolute atomic E-state index is 0.0730. The summed E-state index contributed by atoms with van der Waals surface area (Å²) in [7, 11) is 0. The van der Waals surface area contributed by atoms with Gasteiger partial charge in [0.1, 0.15) is 5.82 Å². The summed E-state index contributed by atoms with van der Waals surface area (Å²) in [6.45, 7) is 3.99. The van der Waals surface area contributed by atoms with Crippen LogP contribution in [0.5, 0.6) is 0 Å². The SMILES string of the molecule is CCOC(=O)c1ccc(N2CCN(C(=O)Cc3cccc(C(F)(F)F)c3)CC2)nc1. The van der Waals surface area contributed by atoms with Gasteiger partial charge in [-0.3, -0.25) is 4.79 Å². The van der Waals surface area contributed by atoms with E-state index in [2.05, 4.69) is 4.98 Å². The van der Waals surface area contributed by atoms with Crippen LogP contribution >= 0.6 is 0 Å².